The lowest BCUT2D eigenvalue weighted by Crippen LogP contribution is -2.31. The van der Waals surface area contributed by atoms with Crippen LogP contribution in [-0.2, 0) is 12.7 Å². The van der Waals surface area contributed by atoms with Gasteiger partial charge in [0.15, 0.2) is 0 Å². The molecule has 1 amide bonds. The van der Waals surface area contributed by atoms with Crippen molar-refractivity contribution in [1.82, 2.24) is 14.3 Å². The van der Waals surface area contributed by atoms with Crippen molar-refractivity contribution in [2.75, 3.05) is 6.54 Å². The Hall–Kier alpha value is -3.87. The van der Waals surface area contributed by atoms with Crippen molar-refractivity contribution in [2.24, 2.45) is 0 Å². The first-order chi connectivity index (χ1) is 16.2. The predicted molar refractivity (Wildman–Crippen MR) is 126 cm³/mol. The van der Waals surface area contributed by atoms with Gasteiger partial charge in [0.1, 0.15) is 5.65 Å². The Kier molecular flexibility index (Phi) is 6.28. The highest BCUT2D eigenvalue weighted by Crippen LogP contribution is 2.30. The molecule has 0 aliphatic rings. The summed E-state index contributed by atoms with van der Waals surface area (Å²) in [5.74, 6) is -0.383. The molecule has 0 saturated heterocycles. The topological polar surface area (TPSA) is 37.6 Å². The molecule has 7 heteroatoms. The van der Waals surface area contributed by atoms with Gasteiger partial charge in [-0.2, -0.15) is 13.2 Å². The Morgan fingerprint density at radius 3 is 2.26 bits per heavy atom. The first-order valence-corrected chi connectivity index (χ1v) is 10.8. The zero-order chi connectivity index (χ0) is 24.5. The molecule has 2 aromatic heterocycles. The second-order valence-electron chi connectivity index (χ2n) is 8.26. The van der Waals surface area contributed by atoms with Gasteiger partial charge in [0.05, 0.1) is 23.5 Å². The highest BCUT2D eigenvalue weighted by atomic mass is 19.4. The monoisotopic (exact) mass is 463 g/mol. The molecule has 174 valence electrons. The molecule has 34 heavy (non-hydrogen) atoms. The zero-order valence-electron chi connectivity index (χ0n) is 18.9. The van der Waals surface area contributed by atoms with E-state index >= 15 is 0 Å². The average Bonchev–Trinajstić information content (AvgIpc) is 3.15. The summed E-state index contributed by atoms with van der Waals surface area (Å²) in [4.78, 5) is 19.7. The van der Waals surface area contributed by atoms with Crippen molar-refractivity contribution in [3.63, 3.8) is 0 Å². The Morgan fingerprint density at radius 2 is 1.65 bits per heavy atom. The van der Waals surface area contributed by atoms with Crippen LogP contribution in [0.4, 0.5) is 13.2 Å². The summed E-state index contributed by atoms with van der Waals surface area (Å²) in [5.41, 5.74) is 4.76. The number of nitrogens with zero attached hydrogens (tertiary/aromatic N) is 3. The Bertz CT molecular complexity index is 1340. The van der Waals surface area contributed by atoms with Crippen molar-refractivity contribution in [1.29, 1.82) is 0 Å². The van der Waals surface area contributed by atoms with Gasteiger partial charge in [-0.05, 0) is 49.7 Å². The first-order valence-electron chi connectivity index (χ1n) is 10.8. The van der Waals surface area contributed by atoms with E-state index in [0.29, 0.717) is 0 Å². The number of fused-ring (bicyclic) bond motifs is 1. The number of carbonyl (C=O) groups is 1. The molecule has 0 aliphatic heterocycles. The van der Waals surface area contributed by atoms with Crippen LogP contribution in [0.2, 0.25) is 0 Å². The molecule has 0 N–H and O–H groups in total. The van der Waals surface area contributed by atoms with Crippen LogP contribution in [0.15, 0.2) is 79.5 Å². The maximum absolute atomic E-state index is 13.3. The molecule has 0 fully saturated rings. The summed E-state index contributed by atoms with van der Waals surface area (Å²) < 4.78 is 40.8. The highest BCUT2D eigenvalue weighted by molar-refractivity contribution is 5.94. The number of carbonyl (C=O) groups excluding carboxylic acids is 1. The van der Waals surface area contributed by atoms with E-state index < -0.39 is 11.7 Å². The van der Waals surface area contributed by atoms with E-state index in [2.05, 4.69) is 6.58 Å². The number of aryl methyl sites for hydroxylation is 2. The second-order valence-corrected chi connectivity index (χ2v) is 8.26. The molecule has 2 heterocycles. The fraction of sp³-hybridized carbons (Fsp3) is 0.185. The number of aromatic nitrogens is 2. The van der Waals surface area contributed by atoms with Crippen LogP contribution < -0.4 is 0 Å². The maximum Gasteiger partial charge on any atom is 0.416 e. The summed E-state index contributed by atoms with van der Waals surface area (Å²) in [6.07, 6.45) is -0.897. The van der Waals surface area contributed by atoms with Gasteiger partial charge in [0.2, 0.25) is 0 Å². The van der Waals surface area contributed by atoms with Crippen molar-refractivity contribution in [2.45, 2.75) is 26.6 Å². The number of hydrogen-bond donors (Lipinski definition) is 0. The predicted octanol–water partition coefficient (Wildman–Crippen LogP) is 6.47. The lowest BCUT2D eigenvalue weighted by molar-refractivity contribution is -0.137. The number of pyridine rings is 1. The quantitative estimate of drug-likeness (QED) is 0.308. The molecule has 2 aromatic carbocycles. The van der Waals surface area contributed by atoms with Crippen LogP contribution in [0, 0.1) is 13.8 Å². The fourth-order valence-corrected chi connectivity index (χ4v) is 3.83. The van der Waals surface area contributed by atoms with Gasteiger partial charge in [-0.1, -0.05) is 42.0 Å². The molecule has 0 aliphatic carbocycles. The van der Waals surface area contributed by atoms with Gasteiger partial charge in [0, 0.05) is 23.9 Å². The number of amides is 1. The molecule has 0 unspecified atom stereocenters. The Balaban J connectivity index is 1.75. The minimum atomic E-state index is -4.46. The van der Waals surface area contributed by atoms with E-state index in [1.54, 1.807) is 11.0 Å². The lowest BCUT2D eigenvalue weighted by atomic mass is 10.1. The van der Waals surface area contributed by atoms with Crippen LogP contribution in [0.5, 0.6) is 0 Å². The molecular formula is C27H24F3N3O. The molecule has 0 bridgehead atoms. The third kappa shape index (κ3) is 4.73. The summed E-state index contributed by atoms with van der Waals surface area (Å²) in [7, 11) is 0. The summed E-state index contributed by atoms with van der Waals surface area (Å²) in [5, 5.41) is 0. The van der Waals surface area contributed by atoms with E-state index in [0.717, 1.165) is 45.9 Å². The van der Waals surface area contributed by atoms with Crippen molar-refractivity contribution in [3.05, 3.63) is 107 Å². The van der Waals surface area contributed by atoms with Gasteiger partial charge in [-0.3, -0.25) is 4.79 Å². The maximum atomic E-state index is 13.3. The van der Waals surface area contributed by atoms with E-state index in [-0.39, 0.29) is 24.6 Å². The van der Waals surface area contributed by atoms with Gasteiger partial charge >= 0.3 is 6.18 Å². The van der Waals surface area contributed by atoms with Gasteiger partial charge < -0.3 is 9.30 Å². The van der Waals surface area contributed by atoms with Crippen LogP contribution in [-0.4, -0.2) is 26.7 Å². The number of rotatable bonds is 6. The normalized spacial score (nSPS) is 11.6. The number of imidazole rings is 1. The molecule has 4 nitrogen and oxygen atoms in total. The van der Waals surface area contributed by atoms with E-state index in [1.807, 2.05) is 60.8 Å². The smallest absolute Gasteiger partial charge is 0.329 e. The third-order valence-corrected chi connectivity index (χ3v) is 5.63. The largest absolute Gasteiger partial charge is 0.416 e. The molecule has 0 radical (unpaired) electrons. The number of alkyl halides is 3. The van der Waals surface area contributed by atoms with Crippen molar-refractivity contribution in [3.8, 4) is 11.3 Å². The highest BCUT2D eigenvalue weighted by Gasteiger charge is 2.30. The minimum Gasteiger partial charge on any atom is -0.329 e. The minimum absolute atomic E-state index is 0.178. The molecule has 0 spiro atoms. The Morgan fingerprint density at radius 1 is 1.00 bits per heavy atom. The second kappa shape index (κ2) is 9.17. The summed E-state index contributed by atoms with van der Waals surface area (Å²) >= 11 is 0. The fourth-order valence-electron chi connectivity index (χ4n) is 3.83. The lowest BCUT2D eigenvalue weighted by Gasteiger charge is -2.22. The van der Waals surface area contributed by atoms with Gasteiger partial charge in [-0.25, -0.2) is 4.98 Å². The van der Waals surface area contributed by atoms with Crippen LogP contribution in [0.3, 0.4) is 0 Å². The summed E-state index contributed by atoms with van der Waals surface area (Å²) in [6.45, 7) is 8.17. The van der Waals surface area contributed by atoms with Crippen LogP contribution in [0.25, 0.3) is 16.9 Å². The SMILES string of the molecule is C=CCN(Cc1c(-c2ccc(C)cc2)nc2ccc(C)cn12)C(=O)c1ccc(C(F)(F)F)cc1. The van der Waals surface area contributed by atoms with E-state index in [9.17, 15) is 18.0 Å². The zero-order valence-corrected chi connectivity index (χ0v) is 18.9. The standard InChI is InChI=1S/C27H24F3N3O/c1-4-15-32(26(34)21-10-12-22(13-11-21)27(28,29)30)17-23-25(20-8-5-18(2)6-9-20)31-24-14-7-19(3)16-33(23)24/h4-14,16H,1,15,17H2,2-3H3. The molecule has 0 atom stereocenters. The van der Waals surface area contributed by atoms with E-state index in [1.165, 1.54) is 12.1 Å². The first kappa shape index (κ1) is 23.3. The number of benzene rings is 2. The van der Waals surface area contributed by atoms with Gasteiger partial charge in [0.25, 0.3) is 5.91 Å². The Labute approximate surface area is 196 Å². The average molecular weight is 464 g/mol. The molecular weight excluding hydrogens is 439 g/mol. The number of hydrogen-bond acceptors (Lipinski definition) is 2. The van der Waals surface area contributed by atoms with Gasteiger partial charge in [-0.15, -0.1) is 6.58 Å². The number of halogens is 3. The summed E-state index contributed by atoms with van der Waals surface area (Å²) in [6, 6.07) is 16.1. The third-order valence-electron chi connectivity index (χ3n) is 5.63. The van der Waals surface area contributed by atoms with Crippen LogP contribution >= 0.6 is 0 Å². The van der Waals surface area contributed by atoms with Crippen molar-refractivity contribution < 1.29 is 18.0 Å². The molecule has 4 rings (SSSR count). The molecule has 0 saturated carbocycles. The van der Waals surface area contributed by atoms with Crippen molar-refractivity contribution >= 4 is 11.6 Å². The molecule has 4 aromatic rings. The van der Waals surface area contributed by atoms with Crippen LogP contribution in [0.1, 0.15) is 32.7 Å². The van der Waals surface area contributed by atoms with E-state index in [4.69, 9.17) is 4.98 Å².